The number of hydrogen-bond acceptors (Lipinski definition) is 5. The number of carbonyl (C=O) groups is 1. The molecule has 0 saturated heterocycles. The molecule has 2 aromatic carbocycles. The molecular formula is C22H16N2OS2. The molecule has 0 spiro atoms. The van der Waals surface area contributed by atoms with Crippen molar-refractivity contribution in [3.05, 3.63) is 89.1 Å². The molecular weight excluding hydrogens is 372 g/mol. The number of nitrogens with zero attached hydrogens (tertiary/aromatic N) is 2. The lowest BCUT2D eigenvalue weighted by Crippen LogP contribution is -2.00. The van der Waals surface area contributed by atoms with Crippen molar-refractivity contribution in [1.82, 2.24) is 10.2 Å². The summed E-state index contributed by atoms with van der Waals surface area (Å²) in [7, 11) is 0. The minimum atomic E-state index is 0.123. The van der Waals surface area contributed by atoms with Gasteiger partial charge in [0.2, 0.25) is 0 Å². The van der Waals surface area contributed by atoms with Crippen molar-refractivity contribution in [3.63, 3.8) is 0 Å². The number of thioether (sulfide) groups is 1. The first-order chi connectivity index (χ1) is 13.3. The fraction of sp³-hybridized carbons (Fsp3) is 0.0455. The molecule has 2 heterocycles. The molecule has 27 heavy (non-hydrogen) atoms. The fourth-order valence-electron chi connectivity index (χ4n) is 2.66. The molecule has 2 aromatic heterocycles. The van der Waals surface area contributed by atoms with Crippen LogP contribution in [0.25, 0.3) is 22.4 Å². The van der Waals surface area contributed by atoms with Gasteiger partial charge in [-0.25, -0.2) is 0 Å². The molecule has 0 saturated carbocycles. The molecule has 0 amide bonds. The lowest BCUT2D eigenvalue weighted by atomic mass is 10.0. The van der Waals surface area contributed by atoms with Gasteiger partial charge in [0.15, 0.2) is 5.78 Å². The molecule has 0 aliphatic carbocycles. The van der Waals surface area contributed by atoms with E-state index in [9.17, 15) is 4.79 Å². The van der Waals surface area contributed by atoms with Crippen LogP contribution in [0.4, 0.5) is 0 Å². The Morgan fingerprint density at radius 2 is 1.52 bits per heavy atom. The summed E-state index contributed by atoms with van der Waals surface area (Å²) in [5, 5.41) is 11.2. The average molecular weight is 389 g/mol. The third-order valence-electron chi connectivity index (χ3n) is 4.08. The monoisotopic (exact) mass is 388 g/mol. The maximum atomic E-state index is 12.1. The molecule has 0 aliphatic rings. The lowest BCUT2D eigenvalue weighted by molar-refractivity contribution is 0.102. The predicted molar refractivity (Wildman–Crippen MR) is 112 cm³/mol. The summed E-state index contributed by atoms with van der Waals surface area (Å²) in [5.74, 6) is 0.498. The molecule has 4 aromatic rings. The molecule has 4 rings (SSSR count). The maximum Gasteiger partial charge on any atom is 0.183 e. The van der Waals surface area contributed by atoms with E-state index in [1.807, 2.05) is 47.8 Å². The van der Waals surface area contributed by atoms with Gasteiger partial charge in [0.25, 0.3) is 0 Å². The molecule has 0 atom stereocenters. The Morgan fingerprint density at radius 3 is 2.19 bits per heavy atom. The number of aromatic nitrogens is 2. The van der Waals surface area contributed by atoms with Gasteiger partial charge in [-0.15, -0.1) is 21.5 Å². The molecule has 0 N–H and O–H groups in total. The second-order valence-corrected chi connectivity index (χ2v) is 7.83. The average Bonchev–Trinajstić information content (AvgIpc) is 3.28. The normalized spacial score (nSPS) is 10.7. The van der Waals surface area contributed by atoms with Crippen molar-refractivity contribution < 1.29 is 4.79 Å². The van der Waals surface area contributed by atoms with E-state index in [1.54, 1.807) is 0 Å². The van der Waals surface area contributed by atoms with Crippen LogP contribution in [0.15, 0.2) is 89.3 Å². The Bertz CT molecular complexity index is 1010. The Balaban J connectivity index is 1.42. The highest BCUT2D eigenvalue weighted by Gasteiger charge is 2.09. The van der Waals surface area contributed by atoms with Crippen molar-refractivity contribution >= 4 is 28.9 Å². The van der Waals surface area contributed by atoms with Crippen LogP contribution in [0.2, 0.25) is 0 Å². The predicted octanol–water partition coefficient (Wildman–Crippen LogP) is 5.85. The van der Waals surface area contributed by atoms with E-state index in [0.29, 0.717) is 5.75 Å². The zero-order chi connectivity index (χ0) is 18.5. The number of hydrogen-bond donors (Lipinski definition) is 0. The second kappa shape index (κ2) is 8.29. The van der Waals surface area contributed by atoms with E-state index >= 15 is 0 Å². The smallest absolute Gasteiger partial charge is 0.183 e. The van der Waals surface area contributed by atoms with Gasteiger partial charge < -0.3 is 0 Å². The molecule has 0 aliphatic heterocycles. The Morgan fingerprint density at radius 1 is 0.778 bits per heavy atom. The van der Waals surface area contributed by atoms with Gasteiger partial charge in [-0.2, -0.15) is 0 Å². The standard InChI is InChI=1S/C22H16N2OS2/c25-20(21-7-4-14-26-21)15-27-22-13-12-19(23-24-22)18-10-8-17(9-11-18)16-5-2-1-3-6-16/h1-14H,15H2. The van der Waals surface area contributed by atoms with Crippen LogP contribution in [0.1, 0.15) is 9.67 Å². The first-order valence-corrected chi connectivity index (χ1v) is 10.4. The molecule has 0 radical (unpaired) electrons. The zero-order valence-electron chi connectivity index (χ0n) is 14.4. The van der Waals surface area contributed by atoms with E-state index in [0.717, 1.165) is 21.2 Å². The molecule has 3 nitrogen and oxygen atoms in total. The van der Waals surface area contributed by atoms with Gasteiger partial charge in [-0.1, -0.05) is 72.4 Å². The van der Waals surface area contributed by atoms with Crippen LogP contribution < -0.4 is 0 Å². The summed E-state index contributed by atoms with van der Waals surface area (Å²) >= 11 is 2.88. The van der Waals surface area contributed by atoms with E-state index in [4.69, 9.17) is 0 Å². The maximum absolute atomic E-state index is 12.1. The number of thiophene rings is 1. The summed E-state index contributed by atoms with van der Waals surface area (Å²) in [4.78, 5) is 12.8. The van der Waals surface area contributed by atoms with Gasteiger partial charge >= 0.3 is 0 Å². The molecule has 0 fully saturated rings. The van der Waals surface area contributed by atoms with Gasteiger partial charge in [0, 0.05) is 5.56 Å². The van der Waals surface area contributed by atoms with Crippen molar-refractivity contribution in [1.29, 1.82) is 0 Å². The molecule has 0 unspecified atom stereocenters. The molecule has 5 heteroatoms. The van der Waals surface area contributed by atoms with Gasteiger partial charge in [-0.3, -0.25) is 4.79 Å². The minimum absolute atomic E-state index is 0.123. The fourth-order valence-corrected chi connectivity index (χ4v) is 4.12. The quantitative estimate of drug-likeness (QED) is 0.307. The van der Waals surface area contributed by atoms with Gasteiger partial charge in [0.05, 0.1) is 16.3 Å². The zero-order valence-corrected chi connectivity index (χ0v) is 16.0. The number of Topliss-reactive ketones (excluding diaryl/α,β-unsaturated/α-hetero) is 1. The number of benzene rings is 2. The largest absolute Gasteiger partial charge is 0.292 e. The van der Waals surface area contributed by atoms with Gasteiger partial charge in [0.1, 0.15) is 5.03 Å². The SMILES string of the molecule is O=C(CSc1ccc(-c2ccc(-c3ccccc3)cc2)nn1)c1cccs1. The minimum Gasteiger partial charge on any atom is -0.292 e. The first kappa shape index (κ1) is 17.6. The van der Waals surface area contributed by atoms with Crippen LogP contribution in [0.5, 0.6) is 0 Å². The lowest BCUT2D eigenvalue weighted by Gasteiger charge is -2.05. The summed E-state index contributed by atoms with van der Waals surface area (Å²) in [6.45, 7) is 0. The summed E-state index contributed by atoms with van der Waals surface area (Å²) in [5.41, 5.74) is 4.21. The van der Waals surface area contributed by atoms with Crippen LogP contribution in [0.3, 0.4) is 0 Å². The van der Waals surface area contributed by atoms with E-state index in [2.05, 4.69) is 46.6 Å². The Kier molecular flexibility index (Phi) is 5.42. The number of carbonyl (C=O) groups excluding carboxylic acids is 1. The second-order valence-electron chi connectivity index (χ2n) is 5.89. The van der Waals surface area contributed by atoms with Crippen molar-refractivity contribution in [3.8, 4) is 22.4 Å². The third-order valence-corrected chi connectivity index (χ3v) is 5.91. The highest BCUT2D eigenvalue weighted by molar-refractivity contribution is 7.99. The molecule has 132 valence electrons. The topological polar surface area (TPSA) is 42.9 Å². The van der Waals surface area contributed by atoms with E-state index < -0.39 is 0 Å². The van der Waals surface area contributed by atoms with Crippen LogP contribution >= 0.6 is 23.1 Å². The van der Waals surface area contributed by atoms with Crippen LogP contribution in [0, 0.1) is 0 Å². The Hall–Kier alpha value is -2.76. The van der Waals surface area contributed by atoms with E-state index in [-0.39, 0.29) is 5.78 Å². The van der Waals surface area contributed by atoms with Crippen LogP contribution in [-0.4, -0.2) is 21.7 Å². The van der Waals surface area contributed by atoms with E-state index in [1.165, 1.54) is 34.2 Å². The first-order valence-electron chi connectivity index (χ1n) is 8.49. The van der Waals surface area contributed by atoms with Crippen LogP contribution in [-0.2, 0) is 0 Å². The number of ketones is 1. The molecule has 0 bridgehead atoms. The highest BCUT2D eigenvalue weighted by Crippen LogP contribution is 2.25. The van der Waals surface area contributed by atoms with Gasteiger partial charge in [-0.05, 0) is 34.7 Å². The number of rotatable bonds is 6. The highest BCUT2D eigenvalue weighted by atomic mass is 32.2. The summed E-state index contributed by atoms with van der Waals surface area (Å²) in [6, 6.07) is 26.2. The van der Waals surface area contributed by atoms with Crippen molar-refractivity contribution in [2.75, 3.05) is 5.75 Å². The summed E-state index contributed by atoms with van der Waals surface area (Å²) in [6.07, 6.45) is 0. The third kappa shape index (κ3) is 4.32. The van der Waals surface area contributed by atoms with Crippen molar-refractivity contribution in [2.45, 2.75) is 5.03 Å². The Labute approximate surface area is 166 Å². The summed E-state index contributed by atoms with van der Waals surface area (Å²) < 4.78 is 0. The van der Waals surface area contributed by atoms with Crippen molar-refractivity contribution in [2.24, 2.45) is 0 Å².